The standard InChI is InChI=1S/C16H25N5O2/c1-20-5-3-13-11(9-20)7-17-15(19-13)8-18-16(23)12-10-21(2)6-4-14(12)22/h7,12,14,22H,3-6,8-10H2,1-2H3,(H,18,23)/t12-,14+/m1/s1. The van der Waals surface area contributed by atoms with Gasteiger partial charge in [-0.05, 0) is 20.5 Å². The van der Waals surface area contributed by atoms with E-state index < -0.39 is 6.10 Å². The van der Waals surface area contributed by atoms with Gasteiger partial charge in [-0.15, -0.1) is 0 Å². The van der Waals surface area contributed by atoms with Crippen molar-refractivity contribution >= 4 is 5.91 Å². The summed E-state index contributed by atoms with van der Waals surface area (Å²) in [6, 6.07) is 0. The van der Waals surface area contributed by atoms with E-state index in [0.717, 1.165) is 37.3 Å². The van der Waals surface area contributed by atoms with Crippen molar-refractivity contribution in [2.45, 2.75) is 32.0 Å². The van der Waals surface area contributed by atoms with Crippen LogP contribution in [0.3, 0.4) is 0 Å². The molecule has 1 aromatic rings. The molecule has 1 fully saturated rings. The largest absolute Gasteiger partial charge is 0.392 e. The molecule has 0 unspecified atom stereocenters. The summed E-state index contributed by atoms with van der Waals surface area (Å²) in [5.41, 5.74) is 2.25. The van der Waals surface area contributed by atoms with Crippen LogP contribution in [0.5, 0.6) is 0 Å². The molecule has 126 valence electrons. The van der Waals surface area contributed by atoms with Gasteiger partial charge >= 0.3 is 0 Å². The molecular formula is C16H25N5O2. The lowest BCUT2D eigenvalue weighted by Gasteiger charge is -2.32. The number of carbonyl (C=O) groups excluding carboxylic acids is 1. The summed E-state index contributed by atoms with van der Waals surface area (Å²) < 4.78 is 0. The number of aliphatic hydroxyl groups is 1. The Labute approximate surface area is 136 Å². The van der Waals surface area contributed by atoms with Crippen molar-refractivity contribution in [1.82, 2.24) is 25.1 Å². The molecule has 0 aromatic carbocycles. The summed E-state index contributed by atoms with van der Waals surface area (Å²) >= 11 is 0. The van der Waals surface area contributed by atoms with E-state index in [1.165, 1.54) is 0 Å². The Morgan fingerprint density at radius 2 is 2.22 bits per heavy atom. The van der Waals surface area contributed by atoms with Crippen LogP contribution in [0.1, 0.15) is 23.5 Å². The number of aliphatic hydroxyl groups excluding tert-OH is 1. The summed E-state index contributed by atoms with van der Waals surface area (Å²) in [5.74, 6) is 0.144. The van der Waals surface area contributed by atoms with Gasteiger partial charge in [-0.25, -0.2) is 9.97 Å². The number of carbonyl (C=O) groups is 1. The predicted molar refractivity (Wildman–Crippen MR) is 85.5 cm³/mol. The summed E-state index contributed by atoms with van der Waals surface area (Å²) in [5, 5.41) is 12.9. The zero-order chi connectivity index (χ0) is 16.4. The van der Waals surface area contributed by atoms with Crippen molar-refractivity contribution in [3.8, 4) is 0 Å². The van der Waals surface area contributed by atoms with Crippen LogP contribution in [0.25, 0.3) is 0 Å². The summed E-state index contributed by atoms with van der Waals surface area (Å²) in [7, 11) is 4.05. The van der Waals surface area contributed by atoms with E-state index in [1.807, 2.05) is 13.2 Å². The molecule has 3 heterocycles. The Bertz CT molecular complexity index is 580. The first-order valence-electron chi connectivity index (χ1n) is 8.19. The van der Waals surface area contributed by atoms with Crippen LogP contribution in [0.4, 0.5) is 0 Å². The van der Waals surface area contributed by atoms with E-state index in [2.05, 4.69) is 32.1 Å². The topological polar surface area (TPSA) is 81.6 Å². The molecule has 0 saturated carbocycles. The third-order valence-electron chi connectivity index (χ3n) is 4.71. The second-order valence-electron chi connectivity index (χ2n) is 6.69. The normalized spacial score (nSPS) is 25.9. The van der Waals surface area contributed by atoms with E-state index in [1.54, 1.807) is 0 Å². The first kappa shape index (κ1) is 16.3. The van der Waals surface area contributed by atoms with Gasteiger partial charge in [-0.1, -0.05) is 0 Å². The lowest BCUT2D eigenvalue weighted by atomic mass is 9.94. The third-order valence-corrected chi connectivity index (χ3v) is 4.71. The van der Waals surface area contributed by atoms with E-state index in [9.17, 15) is 9.90 Å². The zero-order valence-electron chi connectivity index (χ0n) is 13.8. The lowest BCUT2D eigenvalue weighted by Crippen LogP contribution is -2.48. The van der Waals surface area contributed by atoms with Crippen molar-refractivity contribution < 1.29 is 9.90 Å². The Balaban J connectivity index is 1.59. The SMILES string of the molecule is CN1CCc2nc(CNC(=O)[C@@H]3CN(C)CC[C@@H]3O)ncc2C1. The van der Waals surface area contributed by atoms with Crippen LogP contribution in [0.15, 0.2) is 6.20 Å². The summed E-state index contributed by atoms with van der Waals surface area (Å²) in [4.78, 5) is 25.5. The maximum Gasteiger partial charge on any atom is 0.227 e. The highest BCUT2D eigenvalue weighted by molar-refractivity contribution is 5.79. The van der Waals surface area contributed by atoms with Gasteiger partial charge in [-0.3, -0.25) is 4.79 Å². The second kappa shape index (κ2) is 6.90. The zero-order valence-corrected chi connectivity index (χ0v) is 13.8. The molecule has 23 heavy (non-hydrogen) atoms. The lowest BCUT2D eigenvalue weighted by molar-refractivity contribution is -0.131. The molecule has 0 aliphatic carbocycles. The van der Waals surface area contributed by atoms with Crippen LogP contribution >= 0.6 is 0 Å². The van der Waals surface area contributed by atoms with Gasteiger partial charge in [0.05, 0.1) is 18.6 Å². The Morgan fingerprint density at radius 1 is 1.39 bits per heavy atom. The molecule has 0 radical (unpaired) electrons. The number of likely N-dealkylation sites (N-methyl/N-ethyl adjacent to an activating group) is 1. The third kappa shape index (κ3) is 3.85. The molecule has 2 atom stereocenters. The molecule has 3 rings (SSSR count). The fraction of sp³-hybridized carbons (Fsp3) is 0.688. The maximum atomic E-state index is 12.3. The number of rotatable bonds is 3. The van der Waals surface area contributed by atoms with Gasteiger partial charge in [0.15, 0.2) is 0 Å². The summed E-state index contributed by atoms with van der Waals surface area (Å²) in [6.45, 7) is 3.60. The van der Waals surface area contributed by atoms with Gasteiger partial charge in [0.25, 0.3) is 0 Å². The van der Waals surface area contributed by atoms with Crippen LogP contribution < -0.4 is 5.32 Å². The number of fused-ring (bicyclic) bond motifs is 1. The molecule has 1 amide bonds. The number of hydrogen-bond acceptors (Lipinski definition) is 6. The van der Waals surface area contributed by atoms with Crippen LogP contribution in [-0.4, -0.2) is 70.6 Å². The number of aromatic nitrogens is 2. The first-order chi connectivity index (χ1) is 11.0. The average molecular weight is 319 g/mol. The van der Waals surface area contributed by atoms with Crippen molar-refractivity contribution in [2.75, 3.05) is 33.7 Å². The number of hydrogen-bond donors (Lipinski definition) is 2. The number of nitrogens with zero attached hydrogens (tertiary/aromatic N) is 4. The van der Waals surface area contributed by atoms with Gasteiger partial charge in [0.1, 0.15) is 5.82 Å². The molecule has 1 saturated heterocycles. The molecule has 2 aliphatic rings. The van der Waals surface area contributed by atoms with E-state index in [4.69, 9.17) is 0 Å². The van der Waals surface area contributed by atoms with E-state index >= 15 is 0 Å². The molecule has 0 bridgehead atoms. The number of amides is 1. The minimum atomic E-state index is -0.564. The van der Waals surface area contributed by atoms with Crippen LogP contribution in [-0.2, 0) is 24.3 Å². The second-order valence-corrected chi connectivity index (χ2v) is 6.69. The van der Waals surface area contributed by atoms with E-state index in [-0.39, 0.29) is 11.8 Å². The van der Waals surface area contributed by atoms with Gasteiger partial charge in [0, 0.05) is 50.1 Å². The molecule has 2 aliphatic heterocycles. The van der Waals surface area contributed by atoms with Crippen LogP contribution in [0.2, 0.25) is 0 Å². The Hall–Kier alpha value is -1.57. The number of piperidine rings is 1. The Kier molecular flexibility index (Phi) is 4.89. The average Bonchev–Trinajstić information content (AvgIpc) is 2.54. The monoisotopic (exact) mass is 319 g/mol. The maximum absolute atomic E-state index is 12.3. The molecule has 7 heteroatoms. The minimum absolute atomic E-state index is 0.120. The number of nitrogens with one attached hydrogen (secondary N) is 1. The molecular weight excluding hydrogens is 294 g/mol. The van der Waals surface area contributed by atoms with Gasteiger partial charge < -0.3 is 20.2 Å². The molecule has 2 N–H and O–H groups in total. The van der Waals surface area contributed by atoms with Gasteiger partial charge in [0.2, 0.25) is 5.91 Å². The first-order valence-corrected chi connectivity index (χ1v) is 8.19. The van der Waals surface area contributed by atoms with E-state index in [0.29, 0.717) is 25.3 Å². The van der Waals surface area contributed by atoms with Crippen LogP contribution in [0, 0.1) is 5.92 Å². The van der Waals surface area contributed by atoms with Gasteiger partial charge in [-0.2, -0.15) is 0 Å². The predicted octanol–water partition coefficient (Wildman–Crippen LogP) is -0.607. The highest BCUT2D eigenvalue weighted by atomic mass is 16.3. The fourth-order valence-electron chi connectivity index (χ4n) is 3.24. The highest BCUT2D eigenvalue weighted by Crippen LogP contribution is 2.17. The molecule has 7 nitrogen and oxygen atoms in total. The quantitative estimate of drug-likeness (QED) is 0.774. The molecule has 1 aromatic heterocycles. The summed E-state index contributed by atoms with van der Waals surface area (Å²) in [6.07, 6.45) is 2.85. The minimum Gasteiger partial charge on any atom is -0.392 e. The van der Waals surface area contributed by atoms with Crippen molar-refractivity contribution in [3.63, 3.8) is 0 Å². The van der Waals surface area contributed by atoms with Crippen molar-refractivity contribution in [3.05, 3.63) is 23.3 Å². The highest BCUT2D eigenvalue weighted by Gasteiger charge is 2.31. The molecule has 0 spiro atoms. The van der Waals surface area contributed by atoms with Crippen molar-refractivity contribution in [1.29, 1.82) is 0 Å². The van der Waals surface area contributed by atoms with Crippen molar-refractivity contribution in [2.24, 2.45) is 5.92 Å². The number of likely N-dealkylation sites (tertiary alicyclic amines) is 1. The Morgan fingerprint density at radius 3 is 3.04 bits per heavy atom. The fourth-order valence-corrected chi connectivity index (χ4v) is 3.24. The smallest absolute Gasteiger partial charge is 0.227 e.